The van der Waals surface area contributed by atoms with Gasteiger partial charge in [0.2, 0.25) is 0 Å². The highest BCUT2D eigenvalue weighted by Crippen LogP contribution is 2.42. The Morgan fingerprint density at radius 2 is 2.25 bits per heavy atom. The van der Waals surface area contributed by atoms with E-state index in [1.54, 1.807) is 18.1 Å². The number of halogens is 1. The minimum Gasteiger partial charge on any atom is -0.378 e. The molecule has 24 heavy (non-hydrogen) atoms. The molecular weight excluding hydrogens is 419 g/mol. The van der Waals surface area contributed by atoms with E-state index in [4.69, 9.17) is 4.74 Å². The van der Waals surface area contributed by atoms with Gasteiger partial charge >= 0.3 is 0 Å². The van der Waals surface area contributed by atoms with Crippen LogP contribution in [0.5, 0.6) is 0 Å². The Kier molecular flexibility index (Phi) is 8.41. The van der Waals surface area contributed by atoms with Crippen LogP contribution in [-0.4, -0.2) is 46.5 Å². The van der Waals surface area contributed by atoms with Gasteiger partial charge in [0.15, 0.2) is 5.96 Å². The van der Waals surface area contributed by atoms with E-state index in [0.717, 1.165) is 31.2 Å². The molecule has 1 saturated carbocycles. The summed E-state index contributed by atoms with van der Waals surface area (Å²) in [5.74, 6) is 1.67. The van der Waals surface area contributed by atoms with Crippen molar-refractivity contribution in [1.82, 2.24) is 25.4 Å². The second kappa shape index (κ2) is 9.55. The fourth-order valence-electron chi connectivity index (χ4n) is 2.79. The van der Waals surface area contributed by atoms with E-state index >= 15 is 0 Å². The van der Waals surface area contributed by atoms with Gasteiger partial charge in [-0.1, -0.05) is 27.2 Å². The lowest BCUT2D eigenvalue weighted by Gasteiger charge is -2.52. The third-order valence-electron chi connectivity index (χ3n) is 4.75. The smallest absolute Gasteiger partial charge is 0.191 e. The summed E-state index contributed by atoms with van der Waals surface area (Å²) in [6.07, 6.45) is 5.20. The molecule has 0 saturated heterocycles. The lowest BCUT2D eigenvalue weighted by atomic mass is 9.64. The number of nitrogens with zero attached hydrogens (tertiary/aromatic N) is 4. The predicted molar refractivity (Wildman–Crippen MR) is 107 cm³/mol. The lowest BCUT2D eigenvalue weighted by Crippen LogP contribution is -2.63. The number of guanidine groups is 1. The highest BCUT2D eigenvalue weighted by Gasteiger charge is 2.49. The summed E-state index contributed by atoms with van der Waals surface area (Å²) in [5.41, 5.74) is 0.107. The van der Waals surface area contributed by atoms with Crippen LogP contribution in [0.15, 0.2) is 11.3 Å². The first-order valence-electron chi connectivity index (χ1n) is 8.40. The number of nitrogens with one attached hydrogen (secondary N) is 2. The molecule has 0 amide bonds. The Labute approximate surface area is 162 Å². The Hall–Kier alpha value is -0.900. The third-order valence-corrected chi connectivity index (χ3v) is 4.75. The molecule has 1 aliphatic carbocycles. The highest BCUT2D eigenvalue weighted by atomic mass is 127. The summed E-state index contributed by atoms with van der Waals surface area (Å²) in [5, 5.41) is 10.9. The number of aryl methyl sites for hydroxylation is 1. The monoisotopic (exact) mass is 450 g/mol. The molecule has 7 nitrogen and oxygen atoms in total. The zero-order chi connectivity index (χ0) is 16.9. The van der Waals surface area contributed by atoms with E-state index in [2.05, 4.69) is 46.5 Å². The molecule has 0 radical (unpaired) electrons. The third kappa shape index (κ3) is 5.05. The van der Waals surface area contributed by atoms with E-state index in [1.165, 1.54) is 6.42 Å². The maximum absolute atomic E-state index is 5.99. The summed E-state index contributed by atoms with van der Waals surface area (Å²) >= 11 is 0. The average Bonchev–Trinajstić information content (AvgIpc) is 2.94. The van der Waals surface area contributed by atoms with E-state index in [1.807, 2.05) is 7.05 Å². The van der Waals surface area contributed by atoms with E-state index < -0.39 is 0 Å². The molecule has 2 unspecified atom stereocenters. The van der Waals surface area contributed by atoms with Crippen molar-refractivity contribution in [1.29, 1.82) is 0 Å². The van der Waals surface area contributed by atoms with Crippen molar-refractivity contribution >= 4 is 29.9 Å². The fourth-order valence-corrected chi connectivity index (χ4v) is 2.79. The van der Waals surface area contributed by atoms with Gasteiger partial charge in [0.1, 0.15) is 12.2 Å². The SMILES string of the molecule is CCCCOC1CC(NC(=NC)NCc2ncnn2C)C1(C)C.I. The molecule has 2 N–H and O–H groups in total. The molecule has 1 aromatic rings. The summed E-state index contributed by atoms with van der Waals surface area (Å²) in [6, 6.07) is 0.361. The molecule has 1 fully saturated rings. The maximum Gasteiger partial charge on any atom is 0.191 e. The van der Waals surface area contributed by atoms with E-state index in [-0.39, 0.29) is 29.4 Å². The van der Waals surface area contributed by atoms with Crippen molar-refractivity contribution in [2.24, 2.45) is 17.5 Å². The second-order valence-corrected chi connectivity index (χ2v) is 6.69. The number of aliphatic imine (C=N–C) groups is 1. The topological polar surface area (TPSA) is 76.4 Å². The van der Waals surface area contributed by atoms with Crippen molar-refractivity contribution in [3.05, 3.63) is 12.2 Å². The van der Waals surface area contributed by atoms with Gasteiger partial charge in [-0.25, -0.2) is 4.98 Å². The number of hydrogen-bond donors (Lipinski definition) is 2. The molecule has 0 aromatic carbocycles. The highest BCUT2D eigenvalue weighted by molar-refractivity contribution is 14.0. The van der Waals surface area contributed by atoms with Crippen molar-refractivity contribution in [3.8, 4) is 0 Å². The van der Waals surface area contributed by atoms with Crippen molar-refractivity contribution < 1.29 is 4.74 Å². The van der Waals surface area contributed by atoms with E-state index in [9.17, 15) is 0 Å². The van der Waals surface area contributed by atoms with Crippen molar-refractivity contribution in [3.63, 3.8) is 0 Å². The Morgan fingerprint density at radius 3 is 2.79 bits per heavy atom. The maximum atomic E-state index is 5.99. The first-order chi connectivity index (χ1) is 11.0. The zero-order valence-corrected chi connectivity index (χ0v) is 17.7. The van der Waals surface area contributed by atoms with Gasteiger partial charge in [-0.15, -0.1) is 24.0 Å². The normalized spacial score (nSPS) is 22.5. The standard InChI is InChI=1S/C16H30N6O.HI/c1-6-7-8-23-13-9-12(16(13,2)3)21-15(17-4)18-10-14-19-11-20-22(14)5;/h11-13H,6-10H2,1-5H3,(H2,17,18,21);1H. The van der Waals surface area contributed by atoms with Crippen LogP contribution >= 0.6 is 24.0 Å². The molecule has 0 aliphatic heterocycles. The number of aromatic nitrogens is 3. The lowest BCUT2D eigenvalue weighted by molar-refractivity contribution is -0.113. The van der Waals surface area contributed by atoms with Gasteiger partial charge < -0.3 is 15.4 Å². The van der Waals surface area contributed by atoms with Gasteiger partial charge in [0, 0.05) is 32.2 Å². The average molecular weight is 450 g/mol. The number of hydrogen-bond acceptors (Lipinski definition) is 4. The van der Waals surface area contributed by atoms with Gasteiger partial charge in [0.05, 0.1) is 12.6 Å². The molecule has 2 atom stereocenters. The minimum atomic E-state index is 0. The summed E-state index contributed by atoms with van der Waals surface area (Å²) < 4.78 is 7.75. The first kappa shape index (κ1) is 21.1. The zero-order valence-electron chi connectivity index (χ0n) is 15.4. The van der Waals surface area contributed by atoms with Crippen LogP contribution < -0.4 is 10.6 Å². The largest absolute Gasteiger partial charge is 0.378 e. The Bertz CT molecular complexity index is 530. The Balaban J connectivity index is 0.00000288. The quantitative estimate of drug-likeness (QED) is 0.288. The van der Waals surface area contributed by atoms with Crippen LogP contribution in [0.2, 0.25) is 0 Å². The fraction of sp³-hybridized carbons (Fsp3) is 0.812. The molecule has 1 aliphatic rings. The van der Waals surface area contributed by atoms with Crippen LogP contribution in [-0.2, 0) is 18.3 Å². The van der Waals surface area contributed by atoms with Gasteiger partial charge in [-0.2, -0.15) is 5.10 Å². The van der Waals surface area contributed by atoms with Crippen LogP contribution in [0.25, 0.3) is 0 Å². The molecule has 138 valence electrons. The van der Waals surface area contributed by atoms with E-state index in [0.29, 0.717) is 18.7 Å². The van der Waals surface area contributed by atoms with Gasteiger partial charge in [-0.3, -0.25) is 9.67 Å². The van der Waals surface area contributed by atoms with Crippen molar-refractivity contribution in [2.75, 3.05) is 13.7 Å². The van der Waals surface area contributed by atoms with Crippen LogP contribution in [0.3, 0.4) is 0 Å². The minimum absolute atomic E-state index is 0. The second-order valence-electron chi connectivity index (χ2n) is 6.69. The molecule has 8 heteroatoms. The number of ether oxygens (including phenoxy) is 1. The molecule has 1 aromatic heterocycles. The van der Waals surface area contributed by atoms with Crippen LogP contribution in [0.4, 0.5) is 0 Å². The summed E-state index contributed by atoms with van der Waals surface area (Å²) in [6.45, 7) is 8.14. The molecule has 0 spiro atoms. The summed E-state index contributed by atoms with van der Waals surface area (Å²) in [7, 11) is 3.67. The first-order valence-corrected chi connectivity index (χ1v) is 8.40. The molecule has 0 bridgehead atoms. The Morgan fingerprint density at radius 1 is 1.50 bits per heavy atom. The molecule has 1 heterocycles. The van der Waals surface area contributed by atoms with Crippen LogP contribution in [0.1, 0.15) is 45.9 Å². The molecular formula is C16H31IN6O. The number of unbranched alkanes of at least 4 members (excludes halogenated alkanes) is 1. The number of rotatable bonds is 7. The molecule has 2 rings (SSSR count). The van der Waals surface area contributed by atoms with Gasteiger partial charge in [0.25, 0.3) is 0 Å². The van der Waals surface area contributed by atoms with Crippen LogP contribution in [0, 0.1) is 5.41 Å². The summed E-state index contributed by atoms with van der Waals surface area (Å²) in [4.78, 5) is 8.51. The predicted octanol–water partition coefficient (Wildman–Crippen LogP) is 2.08. The van der Waals surface area contributed by atoms with Gasteiger partial charge in [-0.05, 0) is 12.8 Å². The van der Waals surface area contributed by atoms with Crippen molar-refractivity contribution in [2.45, 2.75) is 58.7 Å².